The lowest BCUT2D eigenvalue weighted by Gasteiger charge is -2.11. The Morgan fingerprint density at radius 3 is 2.46 bits per heavy atom. The monoisotopic (exact) mass is 364 g/mol. The van der Waals surface area contributed by atoms with Crippen molar-refractivity contribution < 1.29 is 14.7 Å². The maximum Gasteiger partial charge on any atom is 0.272 e. The molecule has 0 aliphatic carbocycles. The minimum atomic E-state index is -0.478. The molecule has 0 radical (unpaired) electrons. The molecule has 5 nitrogen and oxygen atoms in total. The number of phenols is 1. The number of amides is 2. The molecule has 26 heavy (non-hydrogen) atoms. The van der Waals surface area contributed by atoms with E-state index in [1.54, 1.807) is 42.5 Å². The number of carbonyl (C=O) groups is 2. The predicted octanol–water partition coefficient (Wildman–Crippen LogP) is 3.86. The molecule has 0 unspecified atom stereocenters. The number of hydrogen-bond donors (Lipinski definition) is 3. The number of carbonyl (C=O) groups excluding carboxylic acids is 2. The van der Waals surface area contributed by atoms with Crippen LogP contribution < -0.4 is 10.6 Å². The first kappa shape index (κ1) is 17.4. The van der Waals surface area contributed by atoms with E-state index in [9.17, 15) is 14.7 Å². The van der Waals surface area contributed by atoms with Crippen molar-refractivity contribution in [2.45, 2.75) is 0 Å². The van der Waals surface area contributed by atoms with Crippen molar-refractivity contribution in [1.82, 2.24) is 5.32 Å². The Balaban J connectivity index is 1.83. The molecular weight excluding hydrogens is 348 g/mol. The maximum atomic E-state index is 12.6. The van der Waals surface area contributed by atoms with E-state index >= 15 is 0 Å². The van der Waals surface area contributed by atoms with Crippen LogP contribution in [0.1, 0.15) is 15.2 Å². The Hall–Kier alpha value is -3.38. The Kier molecular flexibility index (Phi) is 5.46. The van der Waals surface area contributed by atoms with Gasteiger partial charge >= 0.3 is 0 Å². The van der Waals surface area contributed by atoms with Gasteiger partial charge in [-0.1, -0.05) is 30.3 Å². The minimum absolute atomic E-state index is 0.0416. The Labute approximate surface area is 154 Å². The van der Waals surface area contributed by atoms with Crippen LogP contribution in [0.5, 0.6) is 5.75 Å². The van der Waals surface area contributed by atoms with E-state index in [4.69, 9.17) is 0 Å². The van der Waals surface area contributed by atoms with Gasteiger partial charge in [0.2, 0.25) is 0 Å². The molecule has 0 spiro atoms. The van der Waals surface area contributed by atoms with Crippen molar-refractivity contribution in [2.75, 3.05) is 5.32 Å². The van der Waals surface area contributed by atoms with Gasteiger partial charge in [0.15, 0.2) is 0 Å². The zero-order chi connectivity index (χ0) is 18.4. The first-order valence-corrected chi connectivity index (χ1v) is 8.72. The molecule has 1 heterocycles. The lowest BCUT2D eigenvalue weighted by Crippen LogP contribution is -2.30. The Morgan fingerprint density at radius 1 is 0.962 bits per heavy atom. The van der Waals surface area contributed by atoms with Crippen LogP contribution in [0.15, 0.2) is 77.8 Å². The van der Waals surface area contributed by atoms with Crippen LogP contribution in [0, 0.1) is 0 Å². The standard InChI is InChI=1S/C20H16N2O3S/c23-16-9-4-8-15(12-16)21-20(25)18(13-17-10-5-11-26-17)22-19(24)14-6-2-1-3-7-14/h1-13,23H,(H,21,25)(H,22,24)/b18-13-. The normalized spacial score (nSPS) is 11.0. The van der Waals surface area contributed by atoms with Gasteiger partial charge in [0.05, 0.1) is 0 Å². The van der Waals surface area contributed by atoms with Crippen molar-refractivity contribution in [3.05, 3.63) is 88.2 Å². The Morgan fingerprint density at radius 2 is 1.77 bits per heavy atom. The number of thiophene rings is 1. The van der Waals surface area contributed by atoms with Gasteiger partial charge in [-0.25, -0.2) is 0 Å². The molecule has 0 atom stereocenters. The fourth-order valence-corrected chi connectivity index (χ4v) is 2.90. The van der Waals surface area contributed by atoms with Crippen LogP contribution in [0.2, 0.25) is 0 Å². The largest absolute Gasteiger partial charge is 0.508 e. The highest BCUT2D eigenvalue weighted by Crippen LogP contribution is 2.18. The summed E-state index contributed by atoms with van der Waals surface area (Å²) in [4.78, 5) is 25.9. The highest BCUT2D eigenvalue weighted by molar-refractivity contribution is 7.10. The van der Waals surface area contributed by atoms with Crippen molar-refractivity contribution in [2.24, 2.45) is 0 Å². The molecule has 3 aromatic rings. The van der Waals surface area contributed by atoms with Crippen molar-refractivity contribution >= 4 is 34.9 Å². The van der Waals surface area contributed by atoms with Gasteiger partial charge in [-0.2, -0.15) is 0 Å². The molecule has 130 valence electrons. The second-order valence-corrected chi connectivity index (χ2v) is 6.38. The molecule has 2 amide bonds. The molecule has 0 saturated heterocycles. The zero-order valence-electron chi connectivity index (χ0n) is 13.7. The zero-order valence-corrected chi connectivity index (χ0v) is 14.5. The van der Waals surface area contributed by atoms with E-state index < -0.39 is 5.91 Å². The molecule has 0 saturated carbocycles. The summed E-state index contributed by atoms with van der Waals surface area (Å²) in [5.41, 5.74) is 1.00. The third-order valence-corrected chi connectivity index (χ3v) is 4.28. The number of anilines is 1. The van der Waals surface area contributed by atoms with Crippen LogP contribution in [-0.4, -0.2) is 16.9 Å². The molecule has 3 rings (SSSR count). The molecular formula is C20H16N2O3S. The van der Waals surface area contributed by atoms with Crippen LogP contribution in [-0.2, 0) is 4.79 Å². The van der Waals surface area contributed by atoms with Crippen LogP contribution in [0.4, 0.5) is 5.69 Å². The third kappa shape index (κ3) is 4.58. The van der Waals surface area contributed by atoms with Gasteiger partial charge in [-0.15, -0.1) is 11.3 Å². The number of nitrogens with one attached hydrogen (secondary N) is 2. The average molecular weight is 364 g/mol. The van der Waals surface area contributed by atoms with Crippen molar-refractivity contribution in [3.63, 3.8) is 0 Å². The van der Waals surface area contributed by atoms with E-state index in [-0.39, 0.29) is 17.4 Å². The van der Waals surface area contributed by atoms with Gasteiger partial charge in [-0.3, -0.25) is 9.59 Å². The molecule has 0 bridgehead atoms. The van der Waals surface area contributed by atoms with Crippen LogP contribution >= 0.6 is 11.3 Å². The third-order valence-electron chi connectivity index (χ3n) is 3.46. The predicted molar refractivity (Wildman–Crippen MR) is 103 cm³/mol. The highest BCUT2D eigenvalue weighted by Gasteiger charge is 2.15. The highest BCUT2D eigenvalue weighted by atomic mass is 32.1. The summed E-state index contributed by atoms with van der Waals surface area (Å²) in [6.07, 6.45) is 1.61. The van der Waals surface area contributed by atoms with Gasteiger partial charge in [0, 0.05) is 22.2 Å². The molecule has 0 aliphatic heterocycles. The molecule has 1 aromatic heterocycles. The number of aromatic hydroxyl groups is 1. The van der Waals surface area contributed by atoms with Gasteiger partial charge < -0.3 is 15.7 Å². The van der Waals surface area contributed by atoms with Crippen molar-refractivity contribution in [3.8, 4) is 5.75 Å². The topological polar surface area (TPSA) is 78.4 Å². The molecule has 6 heteroatoms. The second kappa shape index (κ2) is 8.13. The number of phenolic OH excluding ortho intramolecular Hbond substituents is 1. The van der Waals surface area contributed by atoms with Gasteiger partial charge in [-0.05, 0) is 41.8 Å². The first-order chi connectivity index (χ1) is 12.6. The molecule has 0 fully saturated rings. The number of benzene rings is 2. The van der Waals surface area contributed by atoms with E-state index in [1.807, 2.05) is 23.6 Å². The molecule has 2 aromatic carbocycles. The summed E-state index contributed by atoms with van der Waals surface area (Å²) >= 11 is 1.45. The summed E-state index contributed by atoms with van der Waals surface area (Å²) in [5, 5.41) is 16.8. The maximum absolute atomic E-state index is 12.6. The van der Waals surface area contributed by atoms with E-state index in [1.165, 1.54) is 23.5 Å². The van der Waals surface area contributed by atoms with Gasteiger partial charge in [0.1, 0.15) is 11.4 Å². The second-order valence-electron chi connectivity index (χ2n) is 5.40. The smallest absolute Gasteiger partial charge is 0.272 e. The lowest BCUT2D eigenvalue weighted by molar-refractivity contribution is -0.113. The number of rotatable bonds is 5. The quantitative estimate of drug-likeness (QED) is 0.602. The van der Waals surface area contributed by atoms with E-state index in [0.717, 1.165) is 4.88 Å². The van der Waals surface area contributed by atoms with Crippen molar-refractivity contribution in [1.29, 1.82) is 0 Å². The SMILES string of the molecule is O=C(Nc1cccc(O)c1)/C(=C/c1cccs1)NC(=O)c1ccccc1. The van der Waals surface area contributed by atoms with E-state index in [0.29, 0.717) is 11.3 Å². The number of hydrogen-bond acceptors (Lipinski definition) is 4. The van der Waals surface area contributed by atoms with Gasteiger partial charge in [0.25, 0.3) is 11.8 Å². The molecule has 3 N–H and O–H groups in total. The van der Waals surface area contributed by atoms with E-state index in [2.05, 4.69) is 10.6 Å². The lowest BCUT2D eigenvalue weighted by atomic mass is 10.2. The summed E-state index contributed by atoms with van der Waals surface area (Å²) < 4.78 is 0. The minimum Gasteiger partial charge on any atom is -0.508 e. The van der Waals surface area contributed by atoms with Crippen LogP contribution in [0.25, 0.3) is 6.08 Å². The molecule has 0 aliphatic rings. The summed E-state index contributed by atoms with van der Waals surface area (Å²) in [6.45, 7) is 0. The summed E-state index contributed by atoms with van der Waals surface area (Å²) in [7, 11) is 0. The average Bonchev–Trinajstić information content (AvgIpc) is 3.15. The Bertz CT molecular complexity index is 935. The first-order valence-electron chi connectivity index (χ1n) is 7.84. The summed E-state index contributed by atoms with van der Waals surface area (Å²) in [6, 6.07) is 18.6. The summed E-state index contributed by atoms with van der Waals surface area (Å²) in [5.74, 6) is -0.812. The fourth-order valence-electron chi connectivity index (χ4n) is 2.24. The van der Waals surface area contributed by atoms with Crippen LogP contribution in [0.3, 0.4) is 0 Å². The fraction of sp³-hybridized carbons (Fsp3) is 0.